The van der Waals surface area contributed by atoms with Crippen molar-refractivity contribution < 1.29 is 8.42 Å². The normalized spacial score (nSPS) is 17.1. The maximum absolute atomic E-state index is 11.4. The van der Waals surface area contributed by atoms with Gasteiger partial charge in [0, 0.05) is 36.8 Å². The molecule has 3 rings (SSSR count). The summed E-state index contributed by atoms with van der Waals surface area (Å²) < 4.78 is 25.4. The van der Waals surface area contributed by atoms with Crippen LogP contribution in [0.15, 0.2) is 24.4 Å². The van der Waals surface area contributed by atoms with Crippen molar-refractivity contribution in [3.8, 4) is 11.3 Å². The van der Waals surface area contributed by atoms with E-state index in [0.717, 1.165) is 38.2 Å². The van der Waals surface area contributed by atoms with Crippen LogP contribution >= 0.6 is 0 Å². The summed E-state index contributed by atoms with van der Waals surface area (Å²) in [6.45, 7) is 6.79. The van der Waals surface area contributed by atoms with Crippen LogP contribution in [0.4, 0.5) is 0 Å². The van der Waals surface area contributed by atoms with Crippen molar-refractivity contribution in [2.45, 2.75) is 39.3 Å². The van der Waals surface area contributed by atoms with E-state index in [1.807, 2.05) is 6.20 Å². The first-order valence-corrected chi connectivity index (χ1v) is 10.5. The molecule has 0 aliphatic carbocycles. The fraction of sp³-hybridized carbons (Fsp3) is 0.500. The third kappa shape index (κ3) is 4.68. The molecule has 1 fully saturated rings. The van der Waals surface area contributed by atoms with Gasteiger partial charge < -0.3 is 0 Å². The minimum Gasteiger partial charge on any atom is -0.299 e. The highest BCUT2D eigenvalue weighted by molar-refractivity contribution is 7.88. The summed E-state index contributed by atoms with van der Waals surface area (Å²) in [7, 11) is -3.13. The molecule has 7 heteroatoms. The molecule has 6 nitrogen and oxygen atoms in total. The molecule has 136 valence electrons. The molecular weight excluding hydrogens is 336 g/mol. The topological polar surface area (TPSA) is 78.1 Å². The summed E-state index contributed by atoms with van der Waals surface area (Å²) in [6.07, 6.45) is 4.80. The molecule has 0 radical (unpaired) electrons. The van der Waals surface area contributed by atoms with Gasteiger partial charge in [0.2, 0.25) is 10.0 Å². The van der Waals surface area contributed by atoms with Crippen molar-refractivity contribution in [1.82, 2.24) is 19.8 Å². The lowest BCUT2D eigenvalue weighted by Crippen LogP contribution is -2.43. The number of aromatic amines is 1. The van der Waals surface area contributed by atoms with Gasteiger partial charge in [-0.2, -0.15) is 5.10 Å². The smallest absolute Gasteiger partial charge is 0.208 e. The zero-order valence-electron chi connectivity index (χ0n) is 15.0. The lowest BCUT2D eigenvalue weighted by Gasteiger charge is -2.31. The van der Waals surface area contributed by atoms with Crippen molar-refractivity contribution in [2.24, 2.45) is 0 Å². The molecule has 2 N–H and O–H groups in total. The number of nitrogens with one attached hydrogen (secondary N) is 2. The van der Waals surface area contributed by atoms with Crippen molar-refractivity contribution in [3.63, 3.8) is 0 Å². The van der Waals surface area contributed by atoms with Gasteiger partial charge in [0.1, 0.15) is 0 Å². The highest BCUT2D eigenvalue weighted by Crippen LogP contribution is 2.27. The number of hydrogen-bond donors (Lipinski definition) is 2. The molecular formula is C18H26N4O2S. The van der Waals surface area contributed by atoms with Crippen LogP contribution < -0.4 is 4.72 Å². The van der Waals surface area contributed by atoms with E-state index < -0.39 is 10.0 Å². The van der Waals surface area contributed by atoms with Gasteiger partial charge in [0.15, 0.2) is 0 Å². The molecule has 1 aliphatic rings. The molecule has 0 bridgehead atoms. The maximum Gasteiger partial charge on any atom is 0.208 e. The summed E-state index contributed by atoms with van der Waals surface area (Å²) in [5.74, 6) is 0. The number of nitrogens with zero attached hydrogens (tertiary/aromatic N) is 2. The Hall–Kier alpha value is -1.70. The summed E-state index contributed by atoms with van der Waals surface area (Å²) in [4.78, 5) is 2.36. The maximum atomic E-state index is 11.4. The first kappa shape index (κ1) is 18.1. The quantitative estimate of drug-likeness (QED) is 0.855. The molecule has 0 spiro atoms. The molecule has 0 saturated carbocycles. The first-order valence-electron chi connectivity index (χ1n) is 8.61. The average molecular weight is 362 g/mol. The molecule has 1 aliphatic heterocycles. The van der Waals surface area contributed by atoms with Crippen LogP contribution in [0.25, 0.3) is 11.3 Å². The van der Waals surface area contributed by atoms with E-state index in [2.05, 4.69) is 51.9 Å². The van der Waals surface area contributed by atoms with Crippen LogP contribution in [0.5, 0.6) is 0 Å². The molecule has 0 atom stereocenters. The predicted molar refractivity (Wildman–Crippen MR) is 99.8 cm³/mol. The van der Waals surface area contributed by atoms with Crippen LogP contribution in [0, 0.1) is 13.8 Å². The van der Waals surface area contributed by atoms with Gasteiger partial charge >= 0.3 is 0 Å². The second-order valence-corrected chi connectivity index (χ2v) is 8.81. The molecule has 25 heavy (non-hydrogen) atoms. The van der Waals surface area contributed by atoms with E-state index in [1.54, 1.807) is 0 Å². The summed E-state index contributed by atoms with van der Waals surface area (Å²) in [5, 5.41) is 7.41. The molecule has 1 aromatic carbocycles. The average Bonchev–Trinajstić information content (AvgIpc) is 2.98. The standard InChI is InChI=1S/C18H26N4O2S/c1-13-4-5-14(2)17(10-13)18-15(11-19-20-18)12-22-8-6-16(7-9-22)21-25(3,23)24/h4-5,10-11,16,21H,6-9,12H2,1-3H3,(H,19,20). The highest BCUT2D eigenvalue weighted by atomic mass is 32.2. The molecule has 1 saturated heterocycles. The predicted octanol–water partition coefficient (Wildman–Crippen LogP) is 2.21. The van der Waals surface area contributed by atoms with Crippen LogP contribution in [0.1, 0.15) is 29.5 Å². The number of hydrogen-bond acceptors (Lipinski definition) is 4. The Morgan fingerprint density at radius 3 is 2.68 bits per heavy atom. The summed E-state index contributed by atoms with van der Waals surface area (Å²) >= 11 is 0. The lowest BCUT2D eigenvalue weighted by atomic mass is 9.99. The number of benzene rings is 1. The second kappa shape index (κ2) is 7.27. The van der Waals surface area contributed by atoms with E-state index in [-0.39, 0.29) is 6.04 Å². The van der Waals surface area contributed by atoms with Crippen molar-refractivity contribution in [2.75, 3.05) is 19.3 Å². The minimum absolute atomic E-state index is 0.0501. The zero-order valence-corrected chi connectivity index (χ0v) is 15.9. The third-order valence-electron chi connectivity index (χ3n) is 4.74. The number of aromatic nitrogens is 2. The fourth-order valence-electron chi connectivity index (χ4n) is 3.42. The zero-order chi connectivity index (χ0) is 18.0. The molecule has 0 unspecified atom stereocenters. The number of piperidine rings is 1. The van der Waals surface area contributed by atoms with Gasteiger partial charge in [-0.05, 0) is 38.3 Å². The van der Waals surface area contributed by atoms with Crippen LogP contribution in [0.3, 0.4) is 0 Å². The van der Waals surface area contributed by atoms with Crippen molar-refractivity contribution in [1.29, 1.82) is 0 Å². The summed E-state index contributed by atoms with van der Waals surface area (Å²) in [5.41, 5.74) is 5.92. The highest BCUT2D eigenvalue weighted by Gasteiger charge is 2.22. The van der Waals surface area contributed by atoms with Gasteiger partial charge in [-0.25, -0.2) is 13.1 Å². The third-order valence-corrected chi connectivity index (χ3v) is 5.50. The molecule has 2 aromatic rings. The first-order chi connectivity index (χ1) is 11.8. The van der Waals surface area contributed by atoms with E-state index in [1.165, 1.54) is 28.5 Å². The molecule has 1 aromatic heterocycles. The van der Waals surface area contributed by atoms with Crippen molar-refractivity contribution in [3.05, 3.63) is 41.1 Å². The second-order valence-electron chi connectivity index (χ2n) is 7.03. The number of likely N-dealkylation sites (tertiary alicyclic amines) is 1. The Morgan fingerprint density at radius 1 is 1.28 bits per heavy atom. The number of sulfonamides is 1. The van der Waals surface area contributed by atoms with Crippen LogP contribution in [0.2, 0.25) is 0 Å². The monoisotopic (exact) mass is 362 g/mol. The van der Waals surface area contributed by atoms with Gasteiger partial charge in [-0.15, -0.1) is 0 Å². The Labute approximate surface area is 149 Å². The van der Waals surface area contributed by atoms with Gasteiger partial charge in [-0.3, -0.25) is 10.00 Å². The van der Waals surface area contributed by atoms with Crippen LogP contribution in [-0.2, 0) is 16.6 Å². The van der Waals surface area contributed by atoms with E-state index in [9.17, 15) is 8.42 Å². The number of H-pyrrole nitrogens is 1. The Bertz CT molecular complexity index is 837. The Morgan fingerprint density at radius 2 is 2.00 bits per heavy atom. The Kier molecular flexibility index (Phi) is 5.27. The van der Waals surface area contributed by atoms with Gasteiger partial charge in [0.25, 0.3) is 0 Å². The van der Waals surface area contributed by atoms with Gasteiger partial charge in [0.05, 0.1) is 18.1 Å². The lowest BCUT2D eigenvalue weighted by molar-refractivity contribution is 0.200. The summed E-state index contributed by atoms with van der Waals surface area (Å²) in [6, 6.07) is 6.50. The van der Waals surface area contributed by atoms with E-state index in [0.29, 0.717) is 0 Å². The SMILES string of the molecule is Cc1ccc(C)c(-c2[nH]ncc2CN2CCC(NS(C)(=O)=O)CC2)c1. The van der Waals surface area contributed by atoms with Gasteiger partial charge in [-0.1, -0.05) is 17.7 Å². The Balaban J connectivity index is 1.68. The number of aryl methyl sites for hydroxylation is 2. The minimum atomic E-state index is -3.13. The van der Waals surface area contributed by atoms with E-state index >= 15 is 0 Å². The largest absolute Gasteiger partial charge is 0.299 e. The van der Waals surface area contributed by atoms with E-state index in [4.69, 9.17) is 0 Å². The molecule has 0 amide bonds. The number of rotatable bonds is 5. The molecule has 2 heterocycles. The van der Waals surface area contributed by atoms with Crippen LogP contribution in [-0.4, -0.2) is 48.9 Å². The fourth-order valence-corrected chi connectivity index (χ4v) is 4.26. The van der Waals surface area contributed by atoms with Crippen molar-refractivity contribution >= 4 is 10.0 Å².